The zero-order valence-electron chi connectivity index (χ0n) is 13.7. The van der Waals surface area contributed by atoms with Crippen molar-refractivity contribution in [3.8, 4) is 0 Å². The summed E-state index contributed by atoms with van der Waals surface area (Å²) in [6.45, 7) is 7.42. The van der Waals surface area contributed by atoms with Gasteiger partial charge in [0.15, 0.2) is 17.7 Å². The summed E-state index contributed by atoms with van der Waals surface area (Å²) in [6.07, 6.45) is 2.31. The molecule has 132 valence electrons. The van der Waals surface area contributed by atoms with Crippen LogP contribution in [0.3, 0.4) is 0 Å². The average Bonchev–Trinajstić information content (AvgIpc) is 2.40. The Morgan fingerprint density at radius 1 is 0.864 bits per heavy atom. The summed E-state index contributed by atoms with van der Waals surface area (Å²) >= 11 is 0. The zero-order valence-corrected chi connectivity index (χ0v) is 17.0. The minimum absolute atomic E-state index is 0.151. The highest BCUT2D eigenvalue weighted by Gasteiger charge is 2.58. The number of hydrogen-bond donors (Lipinski definition) is 1. The fourth-order valence-electron chi connectivity index (χ4n) is 3.08. The van der Waals surface area contributed by atoms with Gasteiger partial charge in [-0.15, -0.1) is 0 Å². The van der Waals surface area contributed by atoms with E-state index in [-0.39, 0.29) is 11.8 Å². The molecule has 0 aromatic heterocycles. The summed E-state index contributed by atoms with van der Waals surface area (Å²) in [7, 11) is -4.69. The molecule has 0 spiro atoms. The van der Waals surface area contributed by atoms with Crippen molar-refractivity contribution in [2.24, 2.45) is 11.8 Å². The maximum Gasteiger partial charge on any atom is 0.198 e. The lowest BCUT2D eigenvalue weighted by molar-refractivity contribution is -0.198. The van der Waals surface area contributed by atoms with Crippen molar-refractivity contribution in [1.82, 2.24) is 5.06 Å². The van der Waals surface area contributed by atoms with E-state index in [0.29, 0.717) is 11.5 Å². The van der Waals surface area contributed by atoms with E-state index >= 15 is 0 Å². The highest BCUT2D eigenvalue weighted by Crippen LogP contribution is 2.50. The molecular weight excluding hydrogens is 366 g/mol. The summed E-state index contributed by atoms with van der Waals surface area (Å²) in [6, 6.07) is 0. The number of nitrogens with zero attached hydrogens (tertiary/aromatic N) is 1. The maximum atomic E-state index is 11.5. The van der Waals surface area contributed by atoms with Crippen LogP contribution in [-0.2, 0) is 17.7 Å². The first-order chi connectivity index (χ1) is 9.59. The first-order valence-electron chi connectivity index (χ1n) is 6.77. The molecule has 0 saturated carbocycles. The molecule has 1 fully saturated rings. The molecule has 1 aliphatic heterocycles. The molecule has 22 heavy (non-hydrogen) atoms. The molecule has 0 aliphatic carbocycles. The van der Waals surface area contributed by atoms with Crippen molar-refractivity contribution in [1.29, 1.82) is 0 Å². The van der Waals surface area contributed by atoms with E-state index in [1.54, 1.807) is 0 Å². The number of hydrogen-bond acceptors (Lipinski definition) is 8. The highest BCUT2D eigenvalue weighted by molar-refractivity contribution is 8.72. The molecule has 10 heteroatoms. The van der Waals surface area contributed by atoms with Gasteiger partial charge < -0.3 is 5.21 Å². The minimum atomic E-state index is -3.19. The van der Waals surface area contributed by atoms with Crippen LogP contribution < -0.4 is 0 Å². The number of hydroxylamine groups is 2. The predicted octanol–water partition coefficient (Wildman–Crippen LogP) is 1.87. The molecule has 0 aromatic carbocycles. The molecule has 1 saturated heterocycles. The summed E-state index contributed by atoms with van der Waals surface area (Å²) in [5.41, 5.74) is -1.27. The van der Waals surface area contributed by atoms with E-state index in [2.05, 4.69) is 0 Å². The third-order valence-corrected chi connectivity index (χ3v) is 9.55. The van der Waals surface area contributed by atoms with Crippen molar-refractivity contribution in [2.45, 2.75) is 38.8 Å². The second-order valence-corrected chi connectivity index (χ2v) is 15.8. The van der Waals surface area contributed by atoms with Gasteiger partial charge in [0, 0.05) is 35.1 Å². The van der Waals surface area contributed by atoms with Gasteiger partial charge in [-0.1, -0.05) is 0 Å². The van der Waals surface area contributed by atoms with Crippen LogP contribution in [0.4, 0.5) is 0 Å². The van der Waals surface area contributed by atoms with E-state index in [1.807, 2.05) is 27.7 Å². The van der Waals surface area contributed by atoms with Crippen molar-refractivity contribution in [2.75, 3.05) is 24.0 Å². The molecule has 0 radical (unpaired) electrons. The van der Waals surface area contributed by atoms with Gasteiger partial charge in [-0.3, -0.25) is 0 Å². The van der Waals surface area contributed by atoms with Gasteiger partial charge in [-0.2, -0.15) is 5.06 Å². The van der Waals surface area contributed by atoms with Gasteiger partial charge in [0.2, 0.25) is 0 Å². The lowest BCUT2D eigenvalue weighted by Gasteiger charge is -2.36. The molecule has 6 nitrogen and oxygen atoms in total. The second kappa shape index (κ2) is 6.44. The monoisotopic (exact) mass is 391 g/mol. The Balaban J connectivity index is 3.09. The number of rotatable bonds is 6. The molecule has 1 heterocycles. The van der Waals surface area contributed by atoms with Crippen LogP contribution in [0.5, 0.6) is 0 Å². The molecule has 1 aliphatic rings. The first-order valence-corrected chi connectivity index (χ1v) is 13.6. The van der Waals surface area contributed by atoms with Crippen LogP contribution in [0, 0.1) is 11.8 Å². The van der Waals surface area contributed by atoms with Crippen LogP contribution in [0.15, 0.2) is 0 Å². The van der Waals surface area contributed by atoms with Crippen LogP contribution in [0.1, 0.15) is 27.7 Å². The Hall–Kier alpha value is 0.520. The lowest BCUT2D eigenvalue weighted by Crippen LogP contribution is -2.48. The third-order valence-electron chi connectivity index (χ3n) is 4.32. The fraction of sp³-hybridized carbons (Fsp3) is 1.00. The van der Waals surface area contributed by atoms with E-state index in [0.717, 1.165) is 34.1 Å². The van der Waals surface area contributed by atoms with E-state index in [1.165, 1.54) is 5.06 Å². The molecule has 1 rings (SSSR count). The van der Waals surface area contributed by atoms with Crippen molar-refractivity contribution < 1.29 is 22.0 Å². The quantitative estimate of drug-likeness (QED) is 0.686. The van der Waals surface area contributed by atoms with Gasteiger partial charge in [0.05, 0.1) is 0 Å². The van der Waals surface area contributed by atoms with Crippen molar-refractivity contribution in [3.63, 3.8) is 0 Å². The van der Waals surface area contributed by atoms with Gasteiger partial charge in [-0.25, -0.2) is 16.8 Å². The standard InChI is InChI=1S/C12H25NO5S4/c1-11(2)9(7-19-21(5,15)16)10(8-20-22(6,17)18)12(3,4)13(11)14/h9-10,14H,7-8H2,1-6H3/t9-,10-/m0/s1. The Bertz CT molecular complexity index is 557. The molecule has 1 N–H and O–H groups in total. The molecule has 2 atom stereocenters. The Morgan fingerprint density at radius 2 is 1.14 bits per heavy atom. The molecule has 0 unspecified atom stereocenters. The summed E-state index contributed by atoms with van der Waals surface area (Å²) in [4.78, 5) is 0. The molecular formula is C12H25NO5S4. The lowest BCUT2D eigenvalue weighted by atomic mass is 9.79. The maximum absolute atomic E-state index is 11.5. The fourth-order valence-corrected chi connectivity index (χ4v) is 7.51. The normalized spacial score (nSPS) is 28.9. The highest BCUT2D eigenvalue weighted by atomic mass is 33.1. The van der Waals surface area contributed by atoms with Gasteiger partial charge >= 0.3 is 0 Å². The van der Waals surface area contributed by atoms with Crippen LogP contribution >= 0.6 is 21.6 Å². The topological polar surface area (TPSA) is 91.8 Å². The van der Waals surface area contributed by atoms with Crippen molar-refractivity contribution >= 4 is 39.3 Å². The minimum Gasteiger partial charge on any atom is -0.313 e. The van der Waals surface area contributed by atoms with E-state index < -0.39 is 28.8 Å². The molecule has 0 amide bonds. The van der Waals surface area contributed by atoms with Crippen LogP contribution in [0.2, 0.25) is 0 Å². The van der Waals surface area contributed by atoms with Gasteiger partial charge in [0.1, 0.15) is 0 Å². The van der Waals surface area contributed by atoms with E-state index in [9.17, 15) is 22.0 Å². The Labute approximate surface area is 141 Å². The molecule has 0 bridgehead atoms. The molecule has 0 aromatic rings. The SMILES string of the molecule is CC1(C)[C@@H](CSS(C)(=O)=O)[C@H](CSS(C)(=O)=O)C(C)(C)N1O. The van der Waals surface area contributed by atoms with E-state index in [4.69, 9.17) is 0 Å². The summed E-state index contributed by atoms with van der Waals surface area (Å²) in [5, 5.41) is 11.8. The van der Waals surface area contributed by atoms with Crippen molar-refractivity contribution in [3.05, 3.63) is 0 Å². The Kier molecular flexibility index (Phi) is 6.02. The van der Waals surface area contributed by atoms with Crippen LogP contribution in [0.25, 0.3) is 0 Å². The predicted molar refractivity (Wildman–Crippen MR) is 93.4 cm³/mol. The smallest absolute Gasteiger partial charge is 0.198 e. The first kappa shape index (κ1) is 20.6. The second-order valence-electron chi connectivity index (χ2n) is 6.81. The van der Waals surface area contributed by atoms with Crippen LogP contribution in [-0.4, -0.2) is 62.2 Å². The third kappa shape index (κ3) is 4.76. The average molecular weight is 392 g/mol. The Morgan fingerprint density at radius 3 is 1.36 bits per heavy atom. The largest absolute Gasteiger partial charge is 0.313 e. The zero-order chi connectivity index (χ0) is 17.6. The van der Waals surface area contributed by atoms with Gasteiger partial charge in [-0.05, 0) is 61.1 Å². The van der Waals surface area contributed by atoms with Gasteiger partial charge in [0.25, 0.3) is 0 Å². The summed E-state index contributed by atoms with van der Waals surface area (Å²) < 4.78 is 45.8. The summed E-state index contributed by atoms with van der Waals surface area (Å²) in [5.74, 6) is 0.339.